The number of aromatic nitrogens is 1. The fourth-order valence-electron chi connectivity index (χ4n) is 3.96. The number of hydroxylamine groups is 1. The van der Waals surface area contributed by atoms with Crippen molar-refractivity contribution >= 4 is 20.7 Å². The zero-order chi connectivity index (χ0) is 23.3. The lowest BCUT2D eigenvalue weighted by Gasteiger charge is -2.18. The topological polar surface area (TPSA) is 97.8 Å². The van der Waals surface area contributed by atoms with Crippen LogP contribution in [0.15, 0.2) is 71.1 Å². The van der Waals surface area contributed by atoms with Gasteiger partial charge in [0.2, 0.25) is 0 Å². The van der Waals surface area contributed by atoms with Crippen molar-refractivity contribution in [2.75, 3.05) is 19.0 Å². The van der Waals surface area contributed by atoms with E-state index in [1.165, 1.54) is 12.1 Å². The van der Waals surface area contributed by atoms with Crippen LogP contribution in [0, 0.1) is 6.92 Å². The first-order valence-corrected chi connectivity index (χ1v) is 12.6. The molecule has 8 heteroatoms. The van der Waals surface area contributed by atoms with Crippen molar-refractivity contribution in [3.63, 3.8) is 0 Å². The van der Waals surface area contributed by atoms with Gasteiger partial charge in [-0.25, -0.2) is 8.42 Å². The van der Waals surface area contributed by atoms with E-state index in [1.807, 2.05) is 37.3 Å². The summed E-state index contributed by atoms with van der Waals surface area (Å²) >= 11 is 0. The zero-order valence-corrected chi connectivity index (χ0v) is 19.3. The molecule has 0 bridgehead atoms. The Balaban J connectivity index is 1.43. The molecular formula is C25H28N2O5S. The minimum atomic E-state index is -3.60. The minimum Gasteiger partial charge on any atom is -0.489 e. The number of aryl methyl sites for hydroxylation is 1. The van der Waals surface area contributed by atoms with E-state index in [4.69, 9.17) is 9.47 Å². The number of hydrogen-bond acceptors (Lipinski definition) is 7. The second-order valence-electron chi connectivity index (χ2n) is 8.15. The van der Waals surface area contributed by atoms with Crippen LogP contribution >= 0.6 is 0 Å². The molecule has 2 heterocycles. The Labute approximate surface area is 193 Å². The van der Waals surface area contributed by atoms with Crippen molar-refractivity contribution in [1.29, 1.82) is 0 Å². The lowest BCUT2D eigenvalue weighted by atomic mass is 10.1. The van der Waals surface area contributed by atoms with Gasteiger partial charge in [0.05, 0.1) is 35.4 Å². The van der Waals surface area contributed by atoms with Gasteiger partial charge in [0.1, 0.15) is 12.4 Å². The highest BCUT2D eigenvalue weighted by Gasteiger charge is 2.21. The molecule has 1 aliphatic rings. The Morgan fingerprint density at radius 1 is 1.15 bits per heavy atom. The Morgan fingerprint density at radius 2 is 1.88 bits per heavy atom. The molecule has 1 aromatic heterocycles. The highest BCUT2D eigenvalue weighted by Crippen LogP contribution is 2.23. The van der Waals surface area contributed by atoms with Gasteiger partial charge in [0.15, 0.2) is 9.84 Å². The van der Waals surface area contributed by atoms with E-state index in [-0.39, 0.29) is 10.6 Å². The molecule has 4 rings (SSSR count). The number of nitrogens with zero attached hydrogens (tertiary/aromatic N) is 1. The van der Waals surface area contributed by atoms with Crippen molar-refractivity contribution in [2.45, 2.75) is 37.3 Å². The molecule has 174 valence electrons. The highest BCUT2D eigenvalue weighted by atomic mass is 32.2. The number of sulfone groups is 1. The largest absolute Gasteiger partial charge is 0.489 e. The normalized spacial score (nSPS) is 15.4. The van der Waals surface area contributed by atoms with E-state index in [9.17, 15) is 13.6 Å². The average Bonchev–Trinajstić information content (AvgIpc) is 2.82. The first-order valence-electron chi connectivity index (χ1n) is 10.9. The summed E-state index contributed by atoms with van der Waals surface area (Å²) in [7, 11) is -3.60. The first-order chi connectivity index (χ1) is 15.9. The van der Waals surface area contributed by atoms with Crippen molar-refractivity contribution in [3.8, 4) is 5.75 Å². The number of hydrogen-bond donors (Lipinski definition) is 2. The molecule has 0 spiro atoms. The van der Waals surface area contributed by atoms with Crippen molar-refractivity contribution in [1.82, 2.24) is 10.5 Å². The molecule has 1 aliphatic heterocycles. The molecule has 33 heavy (non-hydrogen) atoms. The summed E-state index contributed by atoms with van der Waals surface area (Å²) in [5, 5.41) is 10.5. The molecule has 1 saturated heterocycles. The second-order valence-corrected chi connectivity index (χ2v) is 10.2. The summed E-state index contributed by atoms with van der Waals surface area (Å²) in [6.45, 7) is 3.53. The Kier molecular flexibility index (Phi) is 7.39. The van der Waals surface area contributed by atoms with Gasteiger partial charge in [0, 0.05) is 16.6 Å². The molecule has 1 fully saturated rings. The number of benzene rings is 2. The monoisotopic (exact) mass is 468 g/mol. The van der Waals surface area contributed by atoms with Crippen LogP contribution in [0.2, 0.25) is 0 Å². The quantitative estimate of drug-likeness (QED) is 0.381. The molecule has 0 aliphatic carbocycles. The molecule has 1 unspecified atom stereocenters. The van der Waals surface area contributed by atoms with Crippen molar-refractivity contribution in [2.24, 2.45) is 0 Å². The predicted octanol–water partition coefficient (Wildman–Crippen LogP) is 3.98. The van der Waals surface area contributed by atoms with E-state index in [0.29, 0.717) is 25.6 Å². The van der Waals surface area contributed by atoms with E-state index in [0.717, 1.165) is 40.6 Å². The number of fused-ring (bicyclic) bond motifs is 1. The van der Waals surface area contributed by atoms with Gasteiger partial charge < -0.3 is 14.7 Å². The molecule has 0 saturated carbocycles. The van der Waals surface area contributed by atoms with Crippen molar-refractivity contribution in [3.05, 3.63) is 77.5 Å². The zero-order valence-electron chi connectivity index (χ0n) is 18.5. The fraction of sp³-hybridized carbons (Fsp3) is 0.320. The molecule has 3 aromatic rings. The van der Waals surface area contributed by atoms with E-state index in [2.05, 4.69) is 10.5 Å². The summed E-state index contributed by atoms with van der Waals surface area (Å²) in [4.78, 5) is 4.73. The summed E-state index contributed by atoms with van der Waals surface area (Å²) in [6, 6.07) is 15.6. The lowest BCUT2D eigenvalue weighted by molar-refractivity contribution is 0.117. The maximum Gasteiger partial charge on any atom is 0.180 e. The highest BCUT2D eigenvalue weighted by molar-refractivity contribution is 7.91. The van der Waals surface area contributed by atoms with Gasteiger partial charge in [-0.15, -0.1) is 0 Å². The third kappa shape index (κ3) is 5.97. The summed E-state index contributed by atoms with van der Waals surface area (Å²) < 4.78 is 37.0. The van der Waals surface area contributed by atoms with Crippen LogP contribution in [-0.4, -0.2) is 43.6 Å². The number of pyridine rings is 1. The van der Waals surface area contributed by atoms with Gasteiger partial charge in [-0.1, -0.05) is 29.8 Å². The number of nitrogens with one attached hydrogen (secondary N) is 1. The summed E-state index contributed by atoms with van der Waals surface area (Å²) in [5.41, 5.74) is 6.06. The number of para-hydroxylation sites is 1. The third-order valence-electron chi connectivity index (χ3n) is 5.64. The summed E-state index contributed by atoms with van der Waals surface area (Å²) in [5.74, 6) is 0.338. The molecule has 7 nitrogen and oxygen atoms in total. The van der Waals surface area contributed by atoms with E-state index in [1.54, 1.807) is 18.2 Å². The van der Waals surface area contributed by atoms with Gasteiger partial charge in [-0.05, 0) is 56.2 Å². The van der Waals surface area contributed by atoms with Gasteiger partial charge >= 0.3 is 0 Å². The average molecular weight is 469 g/mol. The SMILES string of the molecule is Cc1cc(COc2ccc(S(=O)(=O)CC(C=C3CCOCC3)NO)cc2)c2ccccc2n1. The van der Waals surface area contributed by atoms with Crippen LogP contribution in [0.3, 0.4) is 0 Å². The van der Waals surface area contributed by atoms with Gasteiger partial charge in [0.25, 0.3) is 0 Å². The molecule has 2 N–H and O–H groups in total. The Bertz CT molecular complexity index is 1230. The van der Waals surface area contributed by atoms with Crippen LogP contribution in [0.5, 0.6) is 5.75 Å². The standard InChI is InChI=1S/C25H28N2O5S/c1-18-14-20(24-4-2-3-5-25(24)26-18)16-32-22-6-8-23(9-7-22)33(29,30)17-21(27-28)15-19-10-12-31-13-11-19/h2-9,14-15,21,27-28H,10-13,16-17H2,1H3. The number of rotatable bonds is 8. The third-order valence-corrected chi connectivity index (χ3v) is 7.43. The van der Waals surface area contributed by atoms with Crippen LogP contribution < -0.4 is 10.2 Å². The molecule has 0 amide bonds. The van der Waals surface area contributed by atoms with Gasteiger partial charge in [-0.3, -0.25) is 4.98 Å². The summed E-state index contributed by atoms with van der Waals surface area (Å²) in [6.07, 6.45) is 3.28. The van der Waals surface area contributed by atoms with Crippen LogP contribution in [0.25, 0.3) is 10.9 Å². The molecule has 2 aromatic carbocycles. The molecular weight excluding hydrogens is 440 g/mol. The fourth-order valence-corrected chi connectivity index (χ4v) is 5.35. The second kappa shape index (κ2) is 10.4. The van der Waals surface area contributed by atoms with E-state index >= 15 is 0 Å². The number of ether oxygens (including phenoxy) is 2. The van der Waals surface area contributed by atoms with Gasteiger partial charge in [-0.2, -0.15) is 5.48 Å². The smallest absolute Gasteiger partial charge is 0.180 e. The van der Waals surface area contributed by atoms with Crippen LogP contribution in [0.4, 0.5) is 0 Å². The molecule has 1 atom stereocenters. The van der Waals surface area contributed by atoms with E-state index < -0.39 is 15.9 Å². The lowest BCUT2D eigenvalue weighted by Crippen LogP contribution is -2.32. The Morgan fingerprint density at radius 3 is 2.61 bits per heavy atom. The maximum absolute atomic E-state index is 12.9. The Hall–Kier alpha value is -2.78. The maximum atomic E-state index is 12.9. The first kappa shape index (κ1) is 23.4. The minimum absolute atomic E-state index is 0.186. The molecule has 0 radical (unpaired) electrons. The predicted molar refractivity (Wildman–Crippen MR) is 126 cm³/mol. The van der Waals surface area contributed by atoms with Crippen LogP contribution in [-0.2, 0) is 21.2 Å². The van der Waals surface area contributed by atoms with Crippen LogP contribution in [0.1, 0.15) is 24.1 Å². The van der Waals surface area contributed by atoms with Crippen molar-refractivity contribution < 1.29 is 23.1 Å².